The summed E-state index contributed by atoms with van der Waals surface area (Å²) in [5.74, 6) is 0.426. The first kappa shape index (κ1) is 15.3. The van der Waals surface area contributed by atoms with Crippen LogP contribution in [0.5, 0.6) is 0 Å². The Morgan fingerprint density at radius 1 is 1.36 bits per heavy atom. The summed E-state index contributed by atoms with van der Waals surface area (Å²) < 4.78 is 33.2. The van der Waals surface area contributed by atoms with E-state index in [0.717, 1.165) is 19.3 Å². The highest BCUT2D eigenvalue weighted by molar-refractivity contribution is 7.92. The van der Waals surface area contributed by atoms with Crippen LogP contribution < -0.4 is 4.31 Å². The van der Waals surface area contributed by atoms with Crippen molar-refractivity contribution in [2.24, 2.45) is 5.92 Å². The van der Waals surface area contributed by atoms with Crippen LogP contribution in [-0.4, -0.2) is 43.1 Å². The minimum atomic E-state index is -3.36. The molecule has 1 aromatic heterocycles. The molecule has 0 saturated heterocycles. The number of carbonyl (C=O) groups excluding carboxylic acids is 1. The zero-order chi connectivity index (χ0) is 15.7. The second-order valence-electron chi connectivity index (χ2n) is 5.83. The molecule has 122 valence electrons. The van der Waals surface area contributed by atoms with E-state index in [2.05, 4.69) is 5.10 Å². The summed E-state index contributed by atoms with van der Waals surface area (Å²) in [5.41, 5.74) is 0.169. The van der Waals surface area contributed by atoms with Crippen molar-refractivity contribution in [1.29, 1.82) is 0 Å². The summed E-state index contributed by atoms with van der Waals surface area (Å²) in [4.78, 5) is 11.8. The van der Waals surface area contributed by atoms with Crippen molar-refractivity contribution >= 4 is 21.8 Å². The number of hydrogen-bond acceptors (Lipinski definition) is 5. The van der Waals surface area contributed by atoms with Crippen LogP contribution >= 0.6 is 0 Å². The largest absolute Gasteiger partial charge is 0.461 e. The highest BCUT2D eigenvalue weighted by atomic mass is 32.2. The Bertz CT molecular complexity index is 664. The van der Waals surface area contributed by atoms with Gasteiger partial charge in [0, 0.05) is 19.2 Å². The second-order valence-corrected chi connectivity index (χ2v) is 7.77. The van der Waals surface area contributed by atoms with E-state index < -0.39 is 16.0 Å². The van der Waals surface area contributed by atoms with E-state index in [0.29, 0.717) is 25.3 Å². The van der Waals surface area contributed by atoms with E-state index in [-0.39, 0.29) is 24.0 Å². The van der Waals surface area contributed by atoms with Crippen LogP contribution in [0.4, 0.5) is 5.82 Å². The van der Waals surface area contributed by atoms with Gasteiger partial charge in [-0.2, -0.15) is 5.10 Å². The Morgan fingerprint density at radius 3 is 2.77 bits per heavy atom. The first-order valence-corrected chi connectivity index (χ1v) is 9.37. The number of anilines is 1. The van der Waals surface area contributed by atoms with Crippen LogP contribution in [-0.2, 0) is 21.3 Å². The molecule has 2 aliphatic rings. The Balaban J connectivity index is 1.85. The zero-order valence-electron chi connectivity index (χ0n) is 12.7. The Kier molecular flexibility index (Phi) is 4.12. The number of hydrogen-bond donors (Lipinski definition) is 0. The van der Waals surface area contributed by atoms with Crippen molar-refractivity contribution in [3.05, 3.63) is 11.8 Å². The predicted molar refractivity (Wildman–Crippen MR) is 81.3 cm³/mol. The van der Waals surface area contributed by atoms with Gasteiger partial charge in [-0.1, -0.05) is 6.42 Å². The van der Waals surface area contributed by atoms with Crippen LogP contribution in [0.15, 0.2) is 6.07 Å². The van der Waals surface area contributed by atoms with Gasteiger partial charge in [-0.25, -0.2) is 17.9 Å². The van der Waals surface area contributed by atoms with Crippen LogP contribution in [0.2, 0.25) is 0 Å². The Labute approximate surface area is 130 Å². The van der Waals surface area contributed by atoms with E-state index in [1.165, 1.54) is 10.4 Å². The molecule has 7 nitrogen and oxygen atoms in total. The van der Waals surface area contributed by atoms with Gasteiger partial charge < -0.3 is 4.74 Å². The molecule has 1 aliphatic carbocycles. The molecular formula is C14H21N3O4S. The fraction of sp³-hybridized carbons (Fsp3) is 0.714. The quantitative estimate of drug-likeness (QED) is 0.764. The summed E-state index contributed by atoms with van der Waals surface area (Å²) in [7, 11) is -3.36. The van der Waals surface area contributed by atoms with Gasteiger partial charge >= 0.3 is 5.97 Å². The number of ether oxygens (including phenoxy) is 1. The Hall–Kier alpha value is -1.57. The highest BCUT2D eigenvalue weighted by Gasteiger charge is 2.33. The molecule has 1 aliphatic heterocycles. The molecule has 3 rings (SSSR count). The molecule has 1 saturated carbocycles. The molecular weight excluding hydrogens is 306 g/mol. The average Bonchev–Trinajstić information content (AvgIpc) is 2.87. The standard InChI is InChI=1S/C14H21N3O4S/c1-2-21-14(18)12-9-13-16(15-12)7-4-8-17(13)22(19,20)10-11-5-3-6-11/h9,11H,2-8,10H2,1H3. The number of carbonyl (C=O) groups is 1. The first-order chi connectivity index (χ1) is 10.5. The van der Waals surface area contributed by atoms with Crippen molar-refractivity contribution in [3.8, 4) is 0 Å². The normalized spacial score (nSPS) is 18.7. The lowest BCUT2D eigenvalue weighted by molar-refractivity contribution is 0.0518. The van der Waals surface area contributed by atoms with E-state index in [1.807, 2.05) is 0 Å². The van der Waals surface area contributed by atoms with Gasteiger partial charge in [0.1, 0.15) is 5.82 Å². The smallest absolute Gasteiger partial charge is 0.358 e. The zero-order valence-corrected chi connectivity index (χ0v) is 13.5. The Morgan fingerprint density at radius 2 is 2.14 bits per heavy atom. The fourth-order valence-electron chi connectivity index (χ4n) is 2.88. The van der Waals surface area contributed by atoms with Crippen molar-refractivity contribution in [2.75, 3.05) is 23.2 Å². The molecule has 1 aromatic rings. The summed E-state index contributed by atoms with van der Waals surface area (Å²) >= 11 is 0. The number of fused-ring (bicyclic) bond motifs is 1. The molecule has 0 aromatic carbocycles. The van der Waals surface area contributed by atoms with E-state index in [4.69, 9.17) is 4.74 Å². The minimum Gasteiger partial charge on any atom is -0.461 e. The summed E-state index contributed by atoms with van der Waals surface area (Å²) in [6.45, 7) is 3.06. The fourth-order valence-corrected chi connectivity index (χ4v) is 4.83. The summed E-state index contributed by atoms with van der Waals surface area (Å²) in [6, 6.07) is 1.52. The molecule has 0 unspecified atom stereocenters. The van der Waals surface area contributed by atoms with Crippen LogP contribution in [0, 0.1) is 5.92 Å². The SMILES string of the molecule is CCOC(=O)c1cc2n(n1)CCCN2S(=O)(=O)CC1CCC1. The molecule has 1 fully saturated rings. The molecule has 0 radical (unpaired) electrons. The second kappa shape index (κ2) is 5.91. The van der Waals surface area contributed by atoms with Crippen molar-refractivity contribution < 1.29 is 17.9 Å². The van der Waals surface area contributed by atoms with Gasteiger partial charge in [0.15, 0.2) is 5.69 Å². The van der Waals surface area contributed by atoms with Crippen LogP contribution in [0.1, 0.15) is 43.1 Å². The minimum absolute atomic E-state index is 0.169. The predicted octanol–water partition coefficient (Wildman–Crippen LogP) is 1.40. The maximum Gasteiger partial charge on any atom is 0.358 e. The van der Waals surface area contributed by atoms with E-state index in [1.54, 1.807) is 11.6 Å². The summed E-state index contributed by atoms with van der Waals surface area (Å²) in [6.07, 6.45) is 3.78. The van der Waals surface area contributed by atoms with Crippen molar-refractivity contribution in [3.63, 3.8) is 0 Å². The third kappa shape index (κ3) is 2.84. The molecule has 22 heavy (non-hydrogen) atoms. The van der Waals surface area contributed by atoms with Gasteiger partial charge in [0.25, 0.3) is 0 Å². The summed E-state index contributed by atoms with van der Waals surface area (Å²) in [5, 5.41) is 4.18. The number of aryl methyl sites for hydroxylation is 1. The number of rotatable bonds is 5. The van der Waals surface area contributed by atoms with Gasteiger partial charge in [0.05, 0.1) is 12.4 Å². The van der Waals surface area contributed by atoms with Gasteiger partial charge in [-0.3, -0.25) is 4.31 Å². The lowest BCUT2D eigenvalue weighted by Crippen LogP contribution is -2.41. The third-order valence-electron chi connectivity index (χ3n) is 4.24. The van der Waals surface area contributed by atoms with Gasteiger partial charge in [-0.15, -0.1) is 0 Å². The first-order valence-electron chi connectivity index (χ1n) is 7.76. The van der Waals surface area contributed by atoms with E-state index >= 15 is 0 Å². The molecule has 0 atom stereocenters. The average molecular weight is 327 g/mol. The van der Waals surface area contributed by atoms with Crippen molar-refractivity contribution in [1.82, 2.24) is 9.78 Å². The van der Waals surface area contributed by atoms with Crippen LogP contribution in [0.25, 0.3) is 0 Å². The molecule has 0 bridgehead atoms. The topological polar surface area (TPSA) is 81.5 Å². The number of aromatic nitrogens is 2. The van der Waals surface area contributed by atoms with Gasteiger partial charge in [-0.05, 0) is 32.1 Å². The third-order valence-corrected chi connectivity index (χ3v) is 6.17. The number of esters is 1. The molecule has 0 amide bonds. The lowest BCUT2D eigenvalue weighted by Gasteiger charge is -2.32. The van der Waals surface area contributed by atoms with Crippen LogP contribution in [0.3, 0.4) is 0 Å². The molecule has 8 heteroatoms. The monoisotopic (exact) mass is 327 g/mol. The van der Waals surface area contributed by atoms with E-state index in [9.17, 15) is 13.2 Å². The number of sulfonamides is 1. The number of nitrogens with zero attached hydrogens (tertiary/aromatic N) is 3. The lowest BCUT2D eigenvalue weighted by atomic mass is 9.87. The van der Waals surface area contributed by atoms with Gasteiger partial charge in [0.2, 0.25) is 10.0 Å². The molecule has 0 N–H and O–H groups in total. The maximum atomic E-state index is 12.6. The van der Waals surface area contributed by atoms with Crippen molar-refractivity contribution in [2.45, 2.75) is 39.2 Å². The molecule has 2 heterocycles. The maximum absolute atomic E-state index is 12.6. The highest BCUT2D eigenvalue weighted by Crippen LogP contribution is 2.31. The molecule has 0 spiro atoms.